The Balaban J connectivity index is 2.65. The predicted molar refractivity (Wildman–Crippen MR) is 65.2 cm³/mol. The largest absolute Gasteiger partial charge is 0.481 e. The SMILES string of the molecule is CC(C)(CC(=O)O)c1nc(C#N)c2ccccn12. The van der Waals surface area contributed by atoms with Gasteiger partial charge in [-0.25, -0.2) is 4.98 Å². The Kier molecular flexibility index (Phi) is 2.79. The molecule has 0 bridgehead atoms. The summed E-state index contributed by atoms with van der Waals surface area (Å²) in [6.07, 6.45) is 1.76. The van der Waals surface area contributed by atoms with Crippen LogP contribution in [0.2, 0.25) is 0 Å². The molecule has 2 rings (SSSR count). The van der Waals surface area contributed by atoms with E-state index in [2.05, 4.69) is 4.98 Å². The van der Waals surface area contributed by atoms with E-state index >= 15 is 0 Å². The number of carboxylic acids is 1. The average molecular weight is 243 g/mol. The molecule has 2 heterocycles. The third kappa shape index (κ3) is 1.93. The van der Waals surface area contributed by atoms with E-state index in [1.165, 1.54) is 0 Å². The van der Waals surface area contributed by atoms with Crippen LogP contribution < -0.4 is 0 Å². The van der Waals surface area contributed by atoms with Gasteiger partial charge in [0.2, 0.25) is 0 Å². The molecular formula is C13H13N3O2. The second kappa shape index (κ2) is 4.15. The molecule has 0 radical (unpaired) electrons. The fourth-order valence-corrected chi connectivity index (χ4v) is 2.05. The summed E-state index contributed by atoms with van der Waals surface area (Å²) in [5.74, 6) is -0.289. The van der Waals surface area contributed by atoms with Crippen molar-refractivity contribution in [2.45, 2.75) is 25.7 Å². The molecule has 0 atom stereocenters. The van der Waals surface area contributed by atoms with Crippen LogP contribution in [0.4, 0.5) is 0 Å². The number of rotatable bonds is 3. The number of imidazole rings is 1. The highest BCUT2D eigenvalue weighted by Gasteiger charge is 2.29. The number of fused-ring (bicyclic) bond motifs is 1. The summed E-state index contributed by atoms with van der Waals surface area (Å²) >= 11 is 0. The number of pyridine rings is 1. The first-order valence-corrected chi connectivity index (χ1v) is 5.55. The van der Waals surface area contributed by atoms with Gasteiger partial charge in [0.05, 0.1) is 11.9 Å². The molecule has 0 aromatic carbocycles. The van der Waals surface area contributed by atoms with E-state index in [0.717, 1.165) is 0 Å². The molecule has 5 heteroatoms. The maximum absolute atomic E-state index is 10.9. The molecule has 0 amide bonds. The number of carboxylic acid groups (broad SMARTS) is 1. The van der Waals surface area contributed by atoms with E-state index in [0.29, 0.717) is 17.0 Å². The lowest BCUT2D eigenvalue weighted by Crippen LogP contribution is -2.24. The summed E-state index contributed by atoms with van der Waals surface area (Å²) in [7, 11) is 0. The zero-order valence-electron chi connectivity index (χ0n) is 10.2. The van der Waals surface area contributed by atoms with Crippen molar-refractivity contribution in [2.75, 3.05) is 0 Å². The minimum absolute atomic E-state index is 0.0358. The van der Waals surface area contributed by atoms with Gasteiger partial charge in [0, 0.05) is 11.6 Å². The van der Waals surface area contributed by atoms with Crippen molar-refractivity contribution in [2.24, 2.45) is 0 Å². The Morgan fingerprint density at radius 1 is 1.56 bits per heavy atom. The topological polar surface area (TPSA) is 78.4 Å². The smallest absolute Gasteiger partial charge is 0.304 e. The van der Waals surface area contributed by atoms with Gasteiger partial charge in [-0.3, -0.25) is 4.79 Å². The molecule has 0 unspecified atom stereocenters. The Labute approximate surface area is 104 Å². The molecule has 2 aromatic rings. The molecule has 2 aromatic heterocycles. The van der Waals surface area contributed by atoms with Crippen molar-refractivity contribution in [3.05, 3.63) is 35.9 Å². The van der Waals surface area contributed by atoms with Crippen LogP contribution in [-0.4, -0.2) is 20.5 Å². The van der Waals surface area contributed by atoms with Crippen LogP contribution >= 0.6 is 0 Å². The van der Waals surface area contributed by atoms with E-state index in [9.17, 15) is 4.79 Å². The number of carbonyl (C=O) groups is 1. The maximum Gasteiger partial charge on any atom is 0.304 e. The van der Waals surface area contributed by atoms with Crippen molar-refractivity contribution < 1.29 is 9.90 Å². The third-order valence-corrected chi connectivity index (χ3v) is 2.85. The summed E-state index contributed by atoms with van der Waals surface area (Å²) in [4.78, 5) is 15.2. The quantitative estimate of drug-likeness (QED) is 0.893. The van der Waals surface area contributed by atoms with Gasteiger partial charge in [0.25, 0.3) is 0 Å². The normalized spacial score (nSPS) is 11.4. The van der Waals surface area contributed by atoms with Crippen molar-refractivity contribution in [3.8, 4) is 6.07 Å². The zero-order valence-corrected chi connectivity index (χ0v) is 10.2. The van der Waals surface area contributed by atoms with Gasteiger partial charge < -0.3 is 9.51 Å². The van der Waals surface area contributed by atoms with Crippen molar-refractivity contribution in [1.82, 2.24) is 9.38 Å². The maximum atomic E-state index is 10.9. The number of aromatic nitrogens is 2. The average Bonchev–Trinajstić information content (AvgIpc) is 2.66. The summed E-state index contributed by atoms with van der Waals surface area (Å²) in [5.41, 5.74) is 0.392. The molecule has 0 aliphatic carbocycles. The molecule has 0 aliphatic heterocycles. The molecule has 0 spiro atoms. The van der Waals surface area contributed by atoms with Crippen LogP contribution in [0.5, 0.6) is 0 Å². The third-order valence-electron chi connectivity index (χ3n) is 2.85. The van der Waals surface area contributed by atoms with Gasteiger partial charge in [-0.1, -0.05) is 19.9 Å². The minimum atomic E-state index is -0.883. The lowest BCUT2D eigenvalue weighted by Gasteiger charge is -2.20. The summed E-state index contributed by atoms with van der Waals surface area (Å²) in [6.45, 7) is 3.62. The highest BCUT2D eigenvalue weighted by molar-refractivity contribution is 5.69. The molecule has 0 saturated heterocycles. The first-order valence-electron chi connectivity index (χ1n) is 5.55. The van der Waals surface area contributed by atoms with Gasteiger partial charge in [-0.2, -0.15) is 5.26 Å². The Morgan fingerprint density at radius 3 is 2.89 bits per heavy atom. The number of hydrogen-bond acceptors (Lipinski definition) is 3. The van der Waals surface area contributed by atoms with Crippen LogP contribution in [-0.2, 0) is 10.2 Å². The number of nitrogens with zero attached hydrogens (tertiary/aromatic N) is 3. The molecule has 0 aliphatic rings. The molecule has 5 nitrogen and oxygen atoms in total. The summed E-state index contributed by atoms with van der Waals surface area (Å²) in [6, 6.07) is 7.49. The van der Waals surface area contributed by atoms with E-state index < -0.39 is 11.4 Å². The van der Waals surface area contributed by atoms with Gasteiger partial charge in [-0.15, -0.1) is 0 Å². The van der Waals surface area contributed by atoms with E-state index in [4.69, 9.17) is 10.4 Å². The van der Waals surface area contributed by atoms with E-state index in [-0.39, 0.29) is 6.42 Å². The number of nitriles is 1. The van der Waals surface area contributed by atoms with Gasteiger partial charge in [-0.05, 0) is 12.1 Å². The lowest BCUT2D eigenvalue weighted by molar-refractivity contribution is -0.138. The van der Waals surface area contributed by atoms with Crippen molar-refractivity contribution >= 4 is 11.5 Å². The van der Waals surface area contributed by atoms with Crippen LogP contribution in [0.3, 0.4) is 0 Å². The molecule has 1 N–H and O–H groups in total. The Morgan fingerprint density at radius 2 is 2.28 bits per heavy atom. The standard InChI is InChI=1S/C13H13N3O2/c1-13(2,7-11(17)18)12-15-9(8-14)10-5-3-4-6-16(10)12/h3-6H,7H2,1-2H3,(H,17,18). The van der Waals surface area contributed by atoms with Crippen molar-refractivity contribution in [1.29, 1.82) is 5.26 Å². The molecular weight excluding hydrogens is 230 g/mol. The van der Waals surface area contributed by atoms with E-state index in [1.807, 2.05) is 32.0 Å². The Hall–Kier alpha value is -2.35. The van der Waals surface area contributed by atoms with E-state index in [1.54, 1.807) is 16.7 Å². The van der Waals surface area contributed by atoms with Crippen LogP contribution in [0.1, 0.15) is 31.8 Å². The van der Waals surface area contributed by atoms with Crippen molar-refractivity contribution in [3.63, 3.8) is 0 Å². The first-order chi connectivity index (χ1) is 8.45. The van der Waals surface area contributed by atoms with Gasteiger partial charge >= 0.3 is 5.97 Å². The van der Waals surface area contributed by atoms with Gasteiger partial charge in [0.1, 0.15) is 11.9 Å². The minimum Gasteiger partial charge on any atom is -0.481 e. The summed E-state index contributed by atoms with van der Waals surface area (Å²) < 4.78 is 1.78. The van der Waals surface area contributed by atoms with Crippen LogP contribution in [0.15, 0.2) is 24.4 Å². The summed E-state index contributed by atoms with van der Waals surface area (Å²) in [5, 5.41) is 18.0. The van der Waals surface area contributed by atoms with Crippen LogP contribution in [0.25, 0.3) is 5.52 Å². The molecule has 0 saturated carbocycles. The Bertz CT molecular complexity index is 650. The predicted octanol–water partition coefficient (Wildman–Crippen LogP) is 1.96. The fourth-order valence-electron chi connectivity index (χ4n) is 2.05. The lowest BCUT2D eigenvalue weighted by atomic mass is 9.88. The number of aliphatic carboxylic acids is 1. The second-order valence-corrected chi connectivity index (χ2v) is 4.81. The first kappa shape index (κ1) is 12.1. The second-order valence-electron chi connectivity index (χ2n) is 4.81. The molecule has 92 valence electrons. The highest BCUT2D eigenvalue weighted by Crippen LogP contribution is 2.28. The zero-order chi connectivity index (χ0) is 13.3. The number of hydrogen-bond donors (Lipinski definition) is 1. The highest BCUT2D eigenvalue weighted by atomic mass is 16.4. The molecule has 0 fully saturated rings. The van der Waals surface area contributed by atoms with Gasteiger partial charge in [0.15, 0.2) is 5.69 Å². The van der Waals surface area contributed by atoms with Crippen LogP contribution in [0, 0.1) is 11.3 Å². The fraction of sp³-hybridized carbons (Fsp3) is 0.308. The monoisotopic (exact) mass is 243 g/mol. The molecule has 18 heavy (non-hydrogen) atoms.